The molecular formula is C15H20N4O4. The van der Waals surface area contributed by atoms with Gasteiger partial charge in [0.1, 0.15) is 5.60 Å². The maximum atomic E-state index is 11.8. The number of nitrogens with one attached hydrogen (secondary N) is 4. The minimum atomic E-state index is -0.574. The molecule has 0 unspecified atom stereocenters. The van der Waals surface area contributed by atoms with Crippen LogP contribution in [0.1, 0.15) is 27.2 Å². The molecule has 2 rings (SSSR count). The highest BCUT2D eigenvalue weighted by atomic mass is 16.6. The van der Waals surface area contributed by atoms with E-state index < -0.39 is 11.7 Å². The average molecular weight is 320 g/mol. The number of rotatable bonds is 4. The first-order valence-electron chi connectivity index (χ1n) is 7.22. The Morgan fingerprint density at radius 1 is 1.17 bits per heavy atom. The van der Waals surface area contributed by atoms with E-state index in [1.807, 2.05) is 0 Å². The summed E-state index contributed by atoms with van der Waals surface area (Å²) in [6, 6.07) is 5.04. The van der Waals surface area contributed by atoms with Gasteiger partial charge in [0.2, 0.25) is 5.91 Å². The minimum Gasteiger partial charge on any atom is -0.444 e. The lowest BCUT2D eigenvalue weighted by Crippen LogP contribution is -2.34. The van der Waals surface area contributed by atoms with E-state index >= 15 is 0 Å². The molecule has 0 saturated carbocycles. The van der Waals surface area contributed by atoms with Crippen molar-refractivity contribution in [2.45, 2.75) is 32.8 Å². The number of H-pyrrole nitrogens is 2. The number of fused-ring (bicyclic) bond motifs is 1. The van der Waals surface area contributed by atoms with Crippen molar-refractivity contribution in [2.75, 3.05) is 11.9 Å². The molecule has 0 aliphatic rings. The van der Waals surface area contributed by atoms with Crippen LogP contribution in [0.4, 0.5) is 10.5 Å². The third-order valence-electron chi connectivity index (χ3n) is 2.82. The molecule has 23 heavy (non-hydrogen) atoms. The number of carbonyl (C=O) groups is 2. The number of carbonyl (C=O) groups excluding carboxylic acids is 2. The molecule has 0 bridgehead atoms. The molecular weight excluding hydrogens is 300 g/mol. The molecule has 0 atom stereocenters. The molecule has 0 aliphatic heterocycles. The molecule has 2 amide bonds. The number of benzene rings is 1. The van der Waals surface area contributed by atoms with Crippen molar-refractivity contribution in [3.05, 3.63) is 28.7 Å². The van der Waals surface area contributed by atoms with Crippen LogP contribution in [0.3, 0.4) is 0 Å². The molecule has 0 spiro atoms. The second kappa shape index (κ2) is 6.55. The molecule has 1 aromatic carbocycles. The highest BCUT2D eigenvalue weighted by Gasteiger charge is 2.15. The first kappa shape index (κ1) is 16.6. The van der Waals surface area contributed by atoms with Crippen molar-refractivity contribution in [3.8, 4) is 0 Å². The van der Waals surface area contributed by atoms with Crippen molar-refractivity contribution >= 4 is 28.7 Å². The predicted octanol–water partition coefficient (Wildman–Crippen LogP) is 1.71. The van der Waals surface area contributed by atoms with E-state index in [1.165, 1.54) is 0 Å². The number of amides is 2. The molecule has 2 aromatic rings. The molecule has 0 saturated heterocycles. The van der Waals surface area contributed by atoms with E-state index in [0.717, 1.165) is 0 Å². The molecule has 8 heteroatoms. The van der Waals surface area contributed by atoms with Gasteiger partial charge in [-0.1, -0.05) is 0 Å². The van der Waals surface area contributed by atoms with Crippen LogP contribution in [0.5, 0.6) is 0 Å². The zero-order chi connectivity index (χ0) is 17.0. The highest BCUT2D eigenvalue weighted by molar-refractivity contribution is 5.93. The van der Waals surface area contributed by atoms with Crippen LogP contribution < -0.4 is 16.3 Å². The molecule has 124 valence electrons. The topological polar surface area (TPSA) is 116 Å². The number of aromatic nitrogens is 2. The van der Waals surface area contributed by atoms with Crippen molar-refractivity contribution in [1.29, 1.82) is 0 Å². The third kappa shape index (κ3) is 5.17. The second-order valence-corrected chi connectivity index (χ2v) is 6.07. The van der Waals surface area contributed by atoms with Gasteiger partial charge in [-0.25, -0.2) is 9.59 Å². The Kier molecular flexibility index (Phi) is 4.73. The van der Waals surface area contributed by atoms with Crippen LogP contribution in [-0.2, 0) is 9.53 Å². The largest absolute Gasteiger partial charge is 0.444 e. The van der Waals surface area contributed by atoms with Crippen LogP contribution in [-0.4, -0.2) is 34.1 Å². The Hall–Kier alpha value is -2.77. The van der Waals surface area contributed by atoms with Gasteiger partial charge >= 0.3 is 11.8 Å². The Morgan fingerprint density at radius 3 is 2.57 bits per heavy atom. The SMILES string of the molecule is CC(C)(C)OC(=O)NCCC(=O)Nc1ccc2[nH]c(=O)[nH]c2c1. The number of imidazole rings is 1. The van der Waals surface area contributed by atoms with E-state index in [0.29, 0.717) is 16.7 Å². The Labute approximate surface area is 132 Å². The fraction of sp³-hybridized carbons (Fsp3) is 0.400. The van der Waals surface area contributed by atoms with Crippen molar-refractivity contribution in [1.82, 2.24) is 15.3 Å². The maximum Gasteiger partial charge on any atom is 0.407 e. The van der Waals surface area contributed by atoms with Gasteiger partial charge in [-0.05, 0) is 39.0 Å². The lowest BCUT2D eigenvalue weighted by Gasteiger charge is -2.19. The quantitative estimate of drug-likeness (QED) is 0.686. The van der Waals surface area contributed by atoms with Gasteiger partial charge in [-0.15, -0.1) is 0 Å². The fourth-order valence-corrected chi connectivity index (χ4v) is 1.93. The molecule has 1 aromatic heterocycles. The fourth-order valence-electron chi connectivity index (χ4n) is 1.93. The van der Waals surface area contributed by atoms with E-state index in [4.69, 9.17) is 4.74 Å². The van der Waals surface area contributed by atoms with E-state index in [-0.39, 0.29) is 24.6 Å². The van der Waals surface area contributed by atoms with Gasteiger partial charge in [0.25, 0.3) is 0 Å². The van der Waals surface area contributed by atoms with Gasteiger partial charge in [0, 0.05) is 18.7 Å². The predicted molar refractivity (Wildman–Crippen MR) is 86.4 cm³/mol. The van der Waals surface area contributed by atoms with E-state index in [2.05, 4.69) is 20.6 Å². The second-order valence-electron chi connectivity index (χ2n) is 6.07. The van der Waals surface area contributed by atoms with Crippen LogP contribution in [0.25, 0.3) is 11.0 Å². The van der Waals surface area contributed by atoms with Crippen LogP contribution in [0.15, 0.2) is 23.0 Å². The van der Waals surface area contributed by atoms with E-state index in [1.54, 1.807) is 39.0 Å². The summed E-state index contributed by atoms with van der Waals surface area (Å²) in [5, 5.41) is 5.21. The molecule has 4 N–H and O–H groups in total. The molecule has 0 radical (unpaired) electrons. The van der Waals surface area contributed by atoms with Crippen molar-refractivity contribution in [2.24, 2.45) is 0 Å². The average Bonchev–Trinajstić information content (AvgIpc) is 2.75. The number of hydrogen-bond donors (Lipinski definition) is 4. The summed E-state index contributed by atoms with van der Waals surface area (Å²) in [7, 11) is 0. The number of anilines is 1. The lowest BCUT2D eigenvalue weighted by molar-refractivity contribution is -0.116. The summed E-state index contributed by atoms with van der Waals surface area (Å²) in [4.78, 5) is 39.7. The normalized spacial score (nSPS) is 11.3. The smallest absolute Gasteiger partial charge is 0.407 e. The zero-order valence-electron chi connectivity index (χ0n) is 13.3. The zero-order valence-corrected chi connectivity index (χ0v) is 13.3. The monoisotopic (exact) mass is 320 g/mol. The molecule has 0 aliphatic carbocycles. The third-order valence-corrected chi connectivity index (χ3v) is 2.82. The highest BCUT2D eigenvalue weighted by Crippen LogP contribution is 2.14. The summed E-state index contributed by atoms with van der Waals surface area (Å²) < 4.78 is 5.07. The molecule has 0 fully saturated rings. The van der Waals surface area contributed by atoms with Crippen LogP contribution in [0, 0.1) is 0 Å². The van der Waals surface area contributed by atoms with Gasteiger partial charge in [-0.2, -0.15) is 0 Å². The summed E-state index contributed by atoms with van der Waals surface area (Å²) in [6.07, 6.45) is -0.447. The summed E-state index contributed by atoms with van der Waals surface area (Å²) >= 11 is 0. The minimum absolute atomic E-state index is 0.112. The first-order valence-corrected chi connectivity index (χ1v) is 7.22. The van der Waals surface area contributed by atoms with Crippen molar-refractivity contribution < 1.29 is 14.3 Å². The summed E-state index contributed by atoms with van der Waals surface area (Å²) in [5.74, 6) is -0.252. The standard InChI is InChI=1S/C15H20N4O4/c1-15(2,3)23-14(22)16-7-6-12(20)17-9-4-5-10-11(8-9)19-13(21)18-10/h4-5,8H,6-7H2,1-3H3,(H,16,22)(H,17,20)(H2,18,19,21). The number of alkyl carbamates (subject to hydrolysis) is 1. The summed E-state index contributed by atoms with van der Waals surface area (Å²) in [6.45, 7) is 5.46. The number of hydrogen-bond acceptors (Lipinski definition) is 4. The van der Waals surface area contributed by atoms with Crippen LogP contribution >= 0.6 is 0 Å². The molecule has 1 heterocycles. The molecule has 8 nitrogen and oxygen atoms in total. The van der Waals surface area contributed by atoms with Gasteiger partial charge < -0.3 is 25.3 Å². The Morgan fingerprint density at radius 2 is 1.87 bits per heavy atom. The van der Waals surface area contributed by atoms with Crippen LogP contribution in [0.2, 0.25) is 0 Å². The summed E-state index contributed by atoms with van der Waals surface area (Å²) in [5.41, 5.74) is 0.967. The maximum absolute atomic E-state index is 11.8. The lowest BCUT2D eigenvalue weighted by atomic mass is 10.2. The van der Waals surface area contributed by atoms with E-state index in [9.17, 15) is 14.4 Å². The number of ether oxygens (including phenoxy) is 1. The first-order chi connectivity index (χ1) is 10.7. The number of aromatic amines is 2. The van der Waals surface area contributed by atoms with Gasteiger partial charge in [0.05, 0.1) is 11.0 Å². The Balaban J connectivity index is 1.82. The van der Waals surface area contributed by atoms with Crippen molar-refractivity contribution in [3.63, 3.8) is 0 Å². The Bertz CT molecular complexity index is 770. The van der Waals surface area contributed by atoms with Gasteiger partial charge in [-0.3, -0.25) is 4.79 Å². The van der Waals surface area contributed by atoms with Gasteiger partial charge in [0.15, 0.2) is 0 Å².